The fraction of sp³-hybridized carbons (Fsp3) is 0.533. The zero-order chi connectivity index (χ0) is 14.6. The van der Waals surface area contributed by atoms with E-state index in [2.05, 4.69) is 5.32 Å². The fourth-order valence-electron chi connectivity index (χ4n) is 1.65. The predicted molar refractivity (Wildman–Crippen MR) is 79.8 cm³/mol. The minimum Gasteiger partial charge on any atom is -0.351 e. The molecular weight excluding hydrogens is 261 g/mol. The molecule has 1 N–H and O–H groups in total. The predicted octanol–water partition coefficient (Wildman–Crippen LogP) is 3.92. The topological polar surface area (TPSA) is 29.1 Å². The number of hydrogen-bond acceptors (Lipinski definition) is 2. The van der Waals surface area contributed by atoms with Crippen molar-refractivity contribution in [1.29, 1.82) is 0 Å². The zero-order valence-corrected chi connectivity index (χ0v) is 13.0. The number of amides is 1. The first-order chi connectivity index (χ1) is 8.69. The van der Waals surface area contributed by atoms with Crippen LogP contribution in [0, 0.1) is 5.82 Å². The van der Waals surface area contributed by atoms with Crippen LogP contribution in [0.4, 0.5) is 4.39 Å². The minimum absolute atomic E-state index is 0.0338. The average molecular weight is 283 g/mol. The van der Waals surface area contributed by atoms with E-state index in [0.717, 1.165) is 5.56 Å². The minimum atomic E-state index is -0.237. The zero-order valence-electron chi connectivity index (χ0n) is 12.2. The van der Waals surface area contributed by atoms with Crippen molar-refractivity contribution in [3.05, 3.63) is 35.6 Å². The lowest BCUT2D eigenvalue weighted by Gasteiger charge is -2.24. The number of benzene rings is 1. The maximum Gasteiger partial charge on any atom is 0.233 e. The summed E-state index contributed by atoms with van der Waals surface area (Å²) in [7, 11) is 0. The van der Waals surface area contributed by atoms with E-state index >= 15 is 0 Å². The van der Waals surface area contributed by atoms with Crippen LogP contribution < -0.4 is 5.32 Å². The SMILES string of the molecule is CC(SC(C)c1ccc(F)cc1)C(=O)NC(C)(C)C. The molecule has 2 unspecified atom stereocenters. The molecule has 0 spiro atoms. The van der Waals surface area contributed by atoms with Gasteiger partial charge in [-0.1, -0.05) is 12.1 Å². The van der Waals surface area contributed by atoms with Gasteiger partial charge in [0.15, 0.2) is 0 Å². The largest absolute Gasteiger partial charge is 0.351 e. The molecule has 0 saturated carbocycles. The van der Waals surface area contributed by atoms with Gasteiger partial charge in [0.1, 0.15) is 5.82 Å². The van der Waals surface area contributed by atoms with E-state index in [1.165, 1.54) is 12.1 Å². The molecule has 1 aromatic carbocycles. The molecular formula is C15H22FNOS. The van der Waals surface area contributed by atoms with Crippen molar-refractivity contribution in [3.8, 4) is 0 Å². The van der Waals surface area contributed by atoms with Crippen LogP contribution in [0.15, 0.2) is 24.3 Å². The summed E-state index contributed by atoms with van der Waals surface area (Å²) in [5, 5.41) is 2.98. The van der Waals surface area contributed by atoms with Gasteiger partial charge in [-0.05, 0) is 52.3 Å². The van der Waals surface area contributed by atoms with Crippen LogP contribution in [0.25, 0.3) is 0 Å². The number of hydrogen-bond donors (Lipinski definition) is 1. The van der Waals surface area contributed by atoms with Crippen LogP contribution in [0.3, 0.4) is 0 Å². The van der Waals surface area contributed by atoms with E-state index in [4.69, 9.17) is 0 Å². The third-order valence-electron chi connectivity index (χ3n) is 2.62. The third kappa shape index (κ3) is 5.64. The van der Waals surface area contributed by atoms with E-state index in [1.54, 1.807) is 23.9 Å². The first-order valence-corrected chi connectivity index (χ1v) is 7.36. The Labute approximate surface area is 119 Å². The number of rotatable bonds is 4. The van der Waals surface area contributed by atoms with Gasteiger partial charge >= 0.3 is 0 Å². The molecule has 4 heteroatoms. The standard InChI is InChI=1S/C15H22FNOS/c1-10(12-6-8-13(16)9-7-12)19-11(2)14(18)17-15(3,4)5/h6-11H,1-5H3,(H,17,18). The van der Waals surface area contributed by atoms with Crippen molar-refractivity contribution in [2.75, 3.05) is 0 Å². The van der Waals surface area contributed by atoms with Crippen LogP contribution in [0.2, 0.25) is 0 Å². The molecule has 0 aromatic heterocycles. The molecule has 106 valence electrons. The van der Waals surface area contributed by atoms with Gasteiger partial charge < -0.3 is 5.32 Å². The summed E-state index contributed by atoms with van der Waals surface area (Å²) in [6, 6.07) is 6.43. The highest BCUT2D eigenvalue weighted by atomic mass is 32.2. The second-order valence-corrected chi connectivity index (χ2v) is 7.40. The second-order valence-electron chi connectivity index (χ2n) is 5.71. The van der Waals surface area contributed by atoms with Crippen molar-refractivity contribution in [2.45, 2.75) is 50.7 Å². The Morgan fingerprint density at radius 3 is 2.21 bits per heavy atom. The van der Waals surface area contributed by atoms with Gasteiger partial charge in [-0.15, -0.1) is 11.8 Å². The number of carbonyl (C=O) groups is 1. The molecule has 0 heterocycles. The lowest BCUT2D eigenvalue weighted by Crippen LogP contribution is -2.44. The molecule has 0 aliphatic carbocycles. The molecule has 19 heavy (non-hydrogen) atoms. The molecule has 1 rings (SSSR count). The van der Waals surface area contributed by atoms with Gasteiger partial charge in [0, 0.05) is 10.8 Å². The summed E-state index contributed by atoms with van der Waals surface area (Å²) in [6.45, 7) is 9.81. The van der Waals surface area contributed by atoms with Gasteiger partial charge in [-0.25, -0.2) is 4.39 Å². The molecule has 0 fully saturated rings. The van der Waals surface area contributed by atoms with Crippen LogP contribution in [0.1, 0.15) is 45.4 Å². The number of carbonyl (C=O) groups excluding carboxylic acids is 1. The molecule has 0 aliphatic rings. The second kappa shape index (κ2) is 6.42. The van der Waals surface area contributed by atoms with Crippen molar-refractivity contribution in [2.24, 2.45) is 0 Å². The summed E-state index contributed by atoms with van der Waals surface area (Å²) in [4.78, 5) is 12.0. The molecule has 0 aliphatic heterocycles. The molecule has 0 bridgehead atoms. The van der Waals surface area contributed by atoms with Crippen molar-refractivity contribution in [1.82, 2.24) is 5.32 Å². The maximum atomic E-state index is 12.9. The first kappa shape index (κ1) is 16.0. The highest BCUT2D eigenvalue weighted by Crippen LogP contribution is 2.31. The van der Waals surface area contributed by atoms with Gasteiger partial charge in [0.2, 0.25) is 5.91 Å². The highest BCUT2D eigenvalue weighted by Gasteiger charge is 2.21. The lowest BCUT2D eigenvalue weighted by molar-refractivity contribution is -0.121. The van der Waals surface area contributed by atoms with Gasteiger partial charge in [0.25, 0.3) is 0 Å². The lowest BCUT2D eigenvalue weighted by atomic mass is 10.1. The highest BCUT2D eigenvalue weighted by molar-refractivity contribution is 8.00. The van der Waals surface area contributed by atoms with Gasteiger partial charge in [-0.3, -0.25) is 4.79 Å². The Balaban J connectivity index is 2.59. The number of thioether (sulfide) groups is 1. The average Bonchev–Trinajstić information content (AvgIpc) is 2.27. The maximum absolute atomic E-state index is 12.9. The summed E-state index contributed by atoms with van der Waals surface area (Å²) in [6.07, 6.45) is 0. The third-order valence-corrected chi connectivity index (χ3v) is 3.92. The quantitative estimate of drug-likeness (QED) is 0.907. The number of halogens is 1. The Morgan fingerprint density at radius 2 is 1.74 bits per heavy atom. The van der Waals surface area contributed by atoms with Crippen LogP contribution >= 0.6 is 11.8 Å². The van der Waals surface area contributed by atoms with E-state index in [-0.39, 0.29) is 27.8 Å². The smallest absolute Gasteiger partial charge is 0.233 e. The van der Waals surface area contributed by atoms with Crippen molar-refractivity contribution < 1.29 is 9.18 Å². The Morgan fingerprint density at radius 1 is 1.21 bits per heavy atom. The van der Waals surface area contributed by atoms with E-state index in [9.17, 15) is 9.18 Å². The summed E-state index contributed by atoms with van der Waals surface area (Å²) in [5.41, 5.74) is 0.812. The van der Waals surface area contributed by atoms with Crippen LogP contribution in [-0.4, -0.2) is 16.7 Å². The fourth-order valence-corrected chi connectivity index (χ4v) is 2.76. The summed E-state index contributed by atoms with van der Waals surface area (Å²) >= 11 is 1.57. The van der Waals surface area contributed by atoms with Crippen LogP contribution in [-0.2, 0) is 4.79 Å². The van der Waals surface area contributed by atoms with E-state index in [1.807, 2.05) is 34.6 Å². The summed E-state index contributed by atoms with van der Waals surface area (Å²) in [5.74, 6) is -0.203. The van der Waals surface area contributed by atoms with Gasteiger partial charge in [-0.2, -0.15) is 0 Å². The van der Waals surface area contributed by atoms with E-state index < -0.39 is 0 Å². The molecule has 2 atom stereocenters. The van der Waals surface area contributed by atoms with Crippen molar-refractivity contribution >= 4 is 17.7 Å². The molecule has 2 nitrogen and oxygen atoms in total. The monoisotopic (exact) mass is 283 g/mol. The van der Waals surface area contributed by atoms with Crippen LogP contribution in [0.5, 0.6) is 0 Å². The Hall–Kier alpha value is -1.03. The van der Waals surface area contributed by atoms with E-state index in [0.29, 0.717) is 0 Å². The number of nitrogens with one attached hydrogen (secondary N) is 1. The Bertz CT molecular complexity index is 425. The van der Waals surface area contributed by atoms with Gasteiger partial charge in [0.05, 0.1) is 5.25 Å². The van der Waals surface area contributed by atoms with Crippen molar-refractivity contribution in [3.63, 3.8) is 0 Å². The first-order valence-electron chi connectivity index (χ1n) is 6.42. The normalized spacial score (nSPS) is 14.8. The Kier molecular flexibility index (Phi) is 5.41. The molecule has 1 aromatic rings. The molecule has 0 saturated heterocycles. The molecule has 1 amide bonds. The molecule has 0 radical (unpaired) electrons. The summed E-state index contributed by atoms with van der Waals surface area (Å²) < 4.78 is 12.9.